The highest BCUT2D eigenvalue weighted by molar-refractivity contribution is 5.64. The van der Waals surface area contributed by atoms with Crippen LogP contribution in [0, 0.1) is 6.92 Å². The van der Waals surface area contributed by atoms with E-state index in [2.05, 4.69) is 38.1 Å². The molecule has 62 valence electrons. The van der Waals surface area contributed by atoms with E-state index in [4.69, 9.17) is 0 Å². The third kappa shape index (κ3) is 0.989. The highest BCUT2D eigenvalue weighted by atomic mass is 14.1. The average molecular weight is 158 g/mol. The van der Waals surface area contributed by atoms with Gasteiger partial charge in [0.15, 0.2) is 0 Å². The molecule has 0 N–H and O–H groups in total. The Balaban J connectivity index is 2.64. The first-order valence-corrected chi connectivity index (χ1v) is 4.61. The maximum absolute atomic E-state index is 2.27. The summed E-state index contributed by atoms with van der Waals surface area (Å²) in [6.45, 7) is 4.43. The molecule has 1 aromatic carbocycles. The molecule has 0 amide bonds. The van der Waals surface area contributed by atoms with E-state index < -0.39 is 0 Å². The molecular formula is C12H14. The standard InChI is InChI=1S/C12H14/c1-3-11-9(2)7-8-10-5-4-6-12(10)11/h4,6-8H,3,5H2,1-2H3. The zero-order valence-electron chi connectivity index (χ0n) is 7.72. The Hall–Kier alpha value is -1.04. The molecule has 0 spiro atoms. The third-order valence-corrected chi connectivity index (χ3v) is 2.66. The topological polar surface area (TPSA) is 0 Å². The van der Waals surface area contributed by atoms with E-state index >= 15 is 0 Å². The van der Waals surface area contributed by atoms with E-state index in [0.717, 1.165) is 12.8 Å². The molecule has 0 nitrogen and oxygen atoms in total. The maximum Gasteiger partial charge on any atom is -0.00881 e. The summed E-state index contributed by atoms with van der Waals surface area (Å²) in [6.07, 6.45) is 6.80. The van der Waals surface area contributed by atoms with E-state index in [-0.39, 0.29) is 0 Å². The van der Waals surface area contributed by atoms with Gasteiger partial charge in [0.2, 0.25) is 0 Å². The van der Waals surface area contributed by atoms with Gasteiger partial charge in [-0.05, 0) is 42.0 Å². The summed E-state index contributed by atoms with van der Waals surface area (Å²) in [5, 5.41) is 0. The monoisotopic (exact) mass is 158 g/mol. The number of allylic oxidation sites excluding steroid dienone is 1. The highest BCUT2D eigenvalue weighted by Crippen LogP contribution is 2.26. The van der Waals surface area contributed by atoms with Gasteiger partial charge in [-0.1, -0.05) is 31.2 Å². The summed E-state index contributed by atoms with van der Waals surface area (Å²) < 4.78 is 0. The van der Waals surface area contributed by atoms with Gasteiger partial charge in [-0.2, -0.15) is 0 Å². The molecular weight excluding hydrogens is 144 g/mol. The second-order valence-corrected chi connectivity index (χ2v) is 3.39. The van der Waals surface area contributed by atoms with Crippen LogP contribution in [0.2, 0.25) is 0 Å². The second kappa shape index (κ2) is 2.78. The molecule has 1 aliphatic carbocycles. The zero-order chi connectivity index (χ0) is 8.55. The summed E-state index contributed by atoms with van der Waals surface area (Å²) in [7, 11) is 0. The Kier molecular flexibility index (Phi) is 1.76. The van der Waals surface area contributed by atoms with Gasteiger partial charge in [0, 0.05) is 0 Å². The molecule has 1 aliphatic rings. The Labute approximate surface area is 73.9 Å². The molecule has 12 heavy (non-hydrogen) atoms. The smallest absolute Gasteiger partial charge is 0.00881 e. The van der Waals surface area contributed by atoms with Gasteiger partial charge >= 0.3 is 0 Å². The molecule has 0 heterocycles. The van der Waals surface area contributed by atoms with Crippen LogP contribution in [0.4, 0.5) is 0 Å². The predicted molar refractivity (Wildman–Crippen MR) is 53.3 cm³/mol. The van der Waals surface area contributed by atoms with Crippen LogP contribution in [0.1, 0.15) is 29.2 Å². The van der Waals surface area contributed by atoms with E-state index in [1.165, 1.54) is 22.3 Å². The first kappa shape index (κ1) is 7.60. The molecule has 0 saturated heterocycles. The fourth-order valence-electron chi connectivity index (χ4n) is 1.98. The van der Waals surface area contributed by atoms with Crippen molar-refractivity contribution in [2.75, 3.05) is 0 Å². The zero-order valence-corrected chi connectivity index (χ0v) is 7.72. The average Bonchev–Trinajstić information content (AvgIpc) is 2.52. The third-order valence-electron chi connectivity index (χ3n) is 2.66. The van der Waals surface area contributed by atoms with Crippen molar-refractivity contribution >= 4 is 6.08 Å². The van der Waals surface area contributed by atoms with Crippen LogP contribution in [0.15, 0.2) is 18.2 Å². The highest BCUT2D eigenvalue weighted by Gasteiger charge is 2.09. The largest absolute Gasteiger partial charge is 0.0795 e. The lowest BCUT2D eigenvalue weighted by molar-refractivity contribution is 1.09. The van der Waals surface area contributed by atoms with Crippen LogP contribution in [-0.4, -0.2) is 0 Å². The molecule has 0 unspecified atom stereocenters. The van der Waals surface area contributed by atoms with Crippen molar-refractivity contribution in [2.45, 2.75) is 26.7 Å². The van der Waals surface area contributed by atoms with Gasteiger partial charge < -0.3 is 0 Å². The van der Waals surface area contributed by atoms with Gasteiger partial charge in [-0.25, -0.2) is 0 Å². The normalized spacial score (nSPS) is 13.5. The number of hydrogen-bond acceptors (Lipinski definition) is 0. The fourth-order valence-corrected chi connectivity index (χ4v) is 1.98. The van der Waals surface area contributed by atoms with Crippen molar-refractivity contribution in [3.8, 4) is 0 Å². The number of hydrogen-bond donors (Lipinski definition) is 0. The number of benzene rings is 1. The molecule has 0 atom stereocenters. The van der Waals surface area contributed by atoms with Crippen molar-refractivity contribution in [3.63, 3.8) is 0 Å². The number of fused-ring (bicyclic) bond motifs is 1. The van der Waals surface area contributed by atoms with Gasteiger partial charge in [0.25, 0.3) is 0 Å². The van der Waals surface area contributed by atoms with Crippen molar-refractivity contribution in [2.24, 2.45) is 0 Å². The molecule has 0 aromatic heterocycles. The summed E-state index contributed by atoms with van der Waals surface area (Å²) >= 11 is 0. The summed E-state index contributed by atoms with van der Waals surface area (Å²) in [4.78, 5) is 0. The molecule has 1 aromatic rings. The quantitative estimate of drug-likeness (QED) is 0.589. The first-order chi connectivity index (χ1) is 5.83. The van der Waals surface area contributed by atoms with E-state index in [0.29, 0.717) is 0 Å². The lowest BCUT2D eigenvalue weighted by Gasteiger charge is -2.08. The Bertz CT molecular complexity index is 332. The summed E-state index contributed by atoms with van der Waals surface area (Å²) in [5.74, 6) is 0. The molecule has 0 heteroatoms. The Morgan fingerprint density at radius 3 is 2.92 bits per heavy atom. The van der Waals surface area contributed by atoms with Crippen molar-refractivity contribution < 1.29 is 0 Å². The van der Waals surface area contributed by atoms with Crippen molar-refractivity contribution in [1.29, 1.82) is 0 Å². The van der Waals surface area contributed by atoms with E-state index in [1.54, 1.807) is 0 Å². The van der Waals surface area contributed by atoms with Crippen molar-refractivity contribution in [3.05, 3.63) is 40.5 Å². The van der Waals surface area contributed by atoms with Crippen LogP contribution in [0.3, 0.4) is 0 Å². The summed E-state index contributed by atoms with van der Waals surface area (Å²) in [6, 6.07) is 4.49. The van der Waals surface area contributed by atoms with Crippen LogP contribution in [0.5, 0.6) is 0 Å². The van der Waals surface area contributed by atoms with E-state index in [9.17, 15) is 0 Å². The minimum Gasteiger partial charge on any atom is -0.0795 e. The molecule has 0 radical (unpaired) electrons. The minimum atomic E-state index is 1.13. The van der Waals surface area contributed by atoms with Crippen LogP contribution in [-0.2, 0) is 12.8 Å². The first-order valence-electron chi connectivity index (χ1n) is 4.61. The molecule has 0 fully saturated rings. The van der Waals surface area contributed by atoms with E-state index in [1.807, 2.05) is 0 Å². The summed E-state index contributed by atoms with van der Waals surface area (Å²) in [5.41, 5.74) is 5.94. The van der Waals surface area contributed by atoms with Gasteiger partial charge in [0.05, 0.1) is 0 Å². The van der Waals surface area contributed by atoms with Crippen LogP contribution >= 0.6 is 0 Å². The van der Waals surface area contributed by atoms with Crippen molar-refractivity contribution in [1.82, 2.24) is 0 Å². The van der Waals surface area contributed by atoms with Crippen LogP contribution < -0.4 is 0 Å². The molecule has 2 rings (SSSR count). The second-order valence-electron chi connectivity index (χ2n) is 3.39. The Morgan fingerprint density at radius 2 is 2.17 bits per heavy atom. The molecule has 0 aliphatic heterocycles. The molecule has 0 saturated carbocycles. The molecule has 0 bridgehead atoms. The SMILES string of the molecule is CCc1c(C)ccc2c1C=CC2. The fraction of sp³-hybridized carbons (Fsp3) is 0.333. The maximum atomic E-state index is 2.27. The van der Waals surface area contributed by atoms with Crippen LogP contribution in [0.25, 0.3) is 6.08 Å². The minimum absolute atomic E-state index is 1.13. The lowest BCUT2D eigenvalue weighted by atomic mass is 9.97. The number of aryl methyl sites for hydroxylation is 1. The van der Waals surface area contributed by atoms with Gasteiger partial charge in [-0.3, -0.25) is 0 Å². The lowest BCUT2D eigenvalue weighted by Crippen LogP contribution is -1.93. The van der Waals surface area contributed by atoms with Gasteiger partial charge in [0.1, 0.15) is 0 Å². The number of rotatable bonds is 1. The Morgan fingerprint density at radius 1 is 1.33 bits per heavy atom. The predicted octanol–water partition coefficient (Wildman–Crippen LogP) is 3.13. The van der Waals surface area contributed by atoms with Gasteiger partial charge in [-0.15, -0.1) is 0 Å².